The van der Waals surface area contributed by atoms with Crippen LogP contribution in [0.3, 0.4) is 0 Å². The summed E-state index contributed by atoms with van der Waals surface area (Å²) in [7, 11) is 5.38. The van der Waals surface area contributed by atoms with E-state index < -0.39 is 0 Å². The average Bonchev–Trinajstić information content (AvgIpc) is 2.38. The number of amides is 2. The highest BCUT2D eigenvalue weighted by Gasteiger charge is 2.04. The molecule has 0 saturated heterocycles. The van der Waals surface area contributed by atoms with E-state index in [1.54, 1.807) is 18.2 Å². The Balaban J connectivity index is 2.56. The van der Waals surface area contributed by atoms with Crippen molar-refractivity contribution in [3.63, 3.8) is 0 Å². The van der Waals surface area contributed by atoms with Crippen LogP contribution in [0.5, 0.6) is 0 Å². The van der Waals surface area contributed by atoms with E-state index in [4.69, 9.17) is 0 Å². The maximum absolute atomic E-state index is 11.5. The van der Waals surface area contributed by atoms with Crippen molar-refractivity contribution in [3.8, 4) is 0 Å². The first kappa shape index (κ1) is 14.8. The summed E-state index contributed by atoms with van der Waals surface area (Å²) in [5.41, 5.74) is 0.857. The molecular weight excluding hydrogens is 244 g/mol. The summed E-state index contributed by atoms with van der Waals surface area (Å²) < 4.78 is 0. The van der Waals surface area contributed by atoms with E-state index in [1.807, 2.05) is 19.0 Å². The summed E-state index contributed by atoms with van der Waals surface area (Å²) in [6.07, 6.45) is 4.68. The van der Waals surface area contributed by atoms with E-state index in [0.29, 0.717) is 17.9 Å². The van der Waals surface area contributed by atoms with Crippen LogP contribution in [-0.2, 0) is 4.79 Å². The van der Waals surface area contributed by atoms with E-state index in [9.17, 15) is 9.59 Å². The van der Waals surface area contributed by atoms with Crippen LogP contribution in [0.4, 0.5) is 5.69 Å². The van der Waals surface area contributed by atoms with Crippen molar-refractivity contribution in [2.45, 2.75) is 0 Å². The second kappa shape index (κ2) is 7.27. The maximum atomic E-state index is 11.5. The third kappa shape index (κ3) is 5.31. The molecule has 0 aliphatic rings. The number of nitrogens with one attached hydrogen (secondary N) is 2. The fraction of sp³-hybridized carbons (Fsp3) is 0.308. The van der Waals surface area contributed by atoms with Gasteiger partial charge >= 0.3 is 0 Å². The Morgan fingerprint density at radius 2 is 2.11 bits per heavy atom. The molecule has 102 valence electrons. The van der Waals surface area contributed by atoms with E-state index in [1.165, 1.54) is 19.3 Å². The molecule has 0 radical (unpaired) electrons. The topological polar surface area (TPSA) is 74.3 Å². The first-order chi connectivity index (χ1) is 9.02. The fourth-order valence-electron chi connectivity index (χ4n) is 1.28. The van der Waals surface area contributed by atoms with Crippen LogP contribution >= 0.6 is 0 Å². The highest BCUT2D eigenvalue weighted by Crippen LogP contribution is 2.06. The molecule has 0 fully saturated rings. The minimum Gasteiger partial charge on any atom is -0.354 e. The van der Waals surface area contributed by atoms with Gasteiger partial charge in [-0.3, -0.25) is 9.59 Å². The number of hydrogen-bond donors (Lipinski definition) is 2. The number of pyridine rings is 1. The van der Waals surface area contributed by atoms with Crippen molar-refractivity contribution in [2.75, 3.05) is 33.0 Å². The molecule has 0 aromatic carbocycles. The van der Waals surface area contributed by atoms with Crippen LogP contribution in [0.25, 0.3) is 0 Å². The zero-order valence-corrected chi connectivity index (χ0v) is 11.3. The number of likely N-dealkylation sites (N-methyl/N-ethyl adjacent to an activating group) is 1. The number of hydrogen-bond acceptors (Lipinski definition) is 4. The molecule has 2 amide bonds. The Bertz CT molecular complexity index is 466. The first-order valence-corrected chi connectivity index (χ1v) is 5.83. The normalized spacial score (nSPS) is 10.7. The number of anilines is 1. The van der Waals surface area contributed by atoms with Crippen LogP contribution in [-0.4, -0.2) is 49.4 Å². The van der Waals surface area contributed by atoms with Crippen LogP contribution in [0.15, 0.2) is 30.5 Å². The molecule has 0 saturated carbocycles. The van der Waals surface area contributed by atoms with Crippen molar-refractivity contribution in [1.29, 1.82) is 0 Å². The largest absolute Gasteiger partial charge is 0.354 e. The van der Waals surface area contributed by atoms with Crippen LogP contribution < -0.4 is 10.6 Å². The Morgan fingerprint density at radius 3 is 2.63 bits per heavy atom. The second-order valence-corrected chi connectivity index (χ2v) is 4.17. The fourth-order valence-corrected chi connectivity index (χ4v) is 1.28. The van der Waals surface area contributed by atoms with Gasteiger partial charge in [0.2, 0.25) is 5.91 Å². The van der Waals surface area contributed by atoms with Crippen molar-refractivity contribution >= 4 is 17.5 Å². The number of nitrogens with zero attached hydrogens (tertiary/aromatic N) is 2. The van der Waals surface area contributed by atoms with Crippen LogP contribution in [0.2, 0.25) is 0 Å². The lowest BCUT2D eigenvalue weighted by Gasteiger charge is -2.05. The van der Waals surface area contributed by atoms with E-state index in [2.05, 4.69) is 15.6 Å². The summed E-state index contributed by atoms with van der Waals surface area (Å²) in [6.45, 7) is 0.696. The van der Waals surface area contributed by atoms with Gasteiger partial charge in [0, 0.05) is 19.7 Å². The summed E-state index contributed by atoms with van der Waals surface area (Å²) >= 11 is 0. The van der Waals surface area contributed by atoms with Gasteiger partial charge in [-0.2, -0.15) is 0 Å². The zero-order chi connectivity index (χ0) is 14.3. The van der Waals surface area contributed by atoms with Crippen molar-refractivity contribution in [1.82, 2.24) is 15.2 Å². The van der Waals surface area contributed by atoms with E-state index >= 15 is 0 Å². The Morgan fingerprint density at radius 1 is 1.37 bits per heavy atom. The van der Waals surface area contributed by atoms with Crippen molar-refractivity contribution in [2.24, 2.45) is 0 Å². The molecule has 0 unspecified atom stereocenters. The third-order valence-corrected chi connectivity index (χ3v) is 2.23. The van der Waals surface area contributed by atoms with Crippen LogP contribution in [0, 0.1) is 0 Å². The molecule has 6 heteroatoms. The SMILES string of the molecule is CNC(=O)c1ccc(NC(=O)/C=C/CN(C)C)cn1. The minimum absolute atomic E-state index is 0.226. The van der Waals surface area contributed by atoms with Crippen LogP contribution in [0.1, 0.15) is 10.5 Å². The lowest BCUT2D eigenvalue weighted by Crippen LogP contribution is -2.19. The molecule has 19 heavy (non-hydrogen) atoms. The Labute approximate surface area is 112 Å². The zero-order valence-electron chi connectivity index (χ0n) is 11.3. The maximum Gasteiger partial charge on any atom is 0.269 e. The molecule has 1 aromatic rings. The first-order valence-electron chi connectivity index (χ1n) is 5.83. The van der Waals surface area contributed by atoms with Crippen molar-refractivity contribution in [3.05, 3.63) is 36.2 Å². The average molecular weight is 262 g/mol. The summed E-state index contributed by atoms with van der Waals surface area (Å²) in [4.78, 5) is 28.7. The predicted octanol–water partition coefficient (Wildman–Crippen LogP) is 0.497. The summed E-state index contributed by atoms with van der Waals surface area (Å²) in [5, 5.41) is 5.14. The van der Waals surface area contributed by atoms with E-state index in [-0.39, 0.29) is 11.8 Å². The summed E-state index contributed by atoms with van der Waals surface area (Å²) in [6, 6.07) is 3.19. The standard InChI is InChI=1S/C13H18N4O2/c1-14-13(19)11-7-6-10(9-15-11)16-12(18)5-4-8-17(2)3/h4-7,9H,8H2,1-3H3,(H,14,19)(H,16,18)/b5-4+. The molecule has 6 nitrogen and oxygen atoms in total. The predicted molar refractivity (Wildman–Crippen MR) is 74.0 cm³/mol. The minimum atomic E-state index is -0.260. The Hall–Kier alpha value is -2.21. The lowest BCUT2D eigenvalue weighted by molar-refractivity contribution is -0.111. The third-order valence-electron chi connectivity index (χ3n) is 2.23. The van der Waals surface area contributed by atoms with Gasteiger partial charge in [-0.1, -0.05) is 6.08 Å². The van der Waals surface area contributed by atoms with Gasteiger partial charge in [0.15, 0.2) is 0 Å². The molecule has 0 spiro atoms. The second-order valence-electron chi connectivity index (χ2n) is 4.17. The van der Waals surface area contributed by atoms with Gasteiger partial charge in [0.25, 0.3) is 5.91 Å². The van der Waals surface area contributed by atoms with Crippen molar-refractivity contribution < 1.29 is 9.59 Å². The number of carbonyl (C=O) groups excluding carboxylic acids is 2. The highest BCUT2D eigenvalue weighted by molar-refractivity contribution is 5.99. The molecule has 1 aromatic heterocycles. The molecule has 1 rings (SSSR count). The molecule has 0 atom stereocenters. The number of aromatic nitrogens is 1. The molecule has 0 bridgehead atoms. The van der Waals surface area contributed by atoms with Gasteiger partial charge in [0.1, 0.15) is 5.69 Å². The molecule has 0 aliphatic carbocycles. The van der Waals surface area contributed by atoms with Gasteiger partial charge in [-0.05, 0) is 26.2 Å². The quantitative estimate of drug-likeness (QED) is 0.758. The monoisotopic (exact) mass is 262 g/mol. The molecule has 1 heterocycles. The Kier molecular flexibility index (Phi) is 5.69. The molecule has 2 N–H and O–H groups in total. The van der Waals surface area contributed by atoms with Gasteiger partial charge in [-0.15, -0.1) is 0 Å². The highest BCUT2D eigenvalue weighted by atomic mass is 16.2. The van der Waals surface area contributed by atoms with Gasteiger partial charge < -0.3 is 15.5 Å². The van der Waals surface area contributed by atoms with Gasteiger partial charge in [0.05, 0.1) is 11.9 Å². The number of rotatable bonds is 5. The van der Waals surface area contributed by atoms with Gasteiger partial charge in [-0.25, -0.2) is 4.98 Å². The lowest BCUT2D eigenvalue weighted by atomic mass is 10.3. The molecular formula is C13H18N4O2. The molecule has 0 aliphatic heterocycles. The summed E-state index contributed by atoms with van der Waals surface area (Å²) in [5.74, 6) is -0.486. The number of carbonyl (C=O) groups is 2. The van der Waals surface area contributed by atoms with E-state index in [0.717, 1.165) is 0 Å². The smallest absolute Gasteiger partial charge is 0.269 e.